The molecule has 5 rings (SSSR count). The standard InChI is InChI=1S/C25H28N4O3/c1-16(30)12-28-14-22-21(23(22)15-28)8-5-18-3-6-19(7-4-18)24-11-20(27-32-24)13-29-10-9-26-25(29)17(2)31/h3-4,6-7,9-11,16-17,21-23,30-31H,12-15H2,1-2H3/t16?,17-,21?,22-,23+/m0/s1. The molecule has 2 fully saturated rings. The zero-order valence-corrected chi connectivity index (χ0v) is 18.3. The van der Waals surface area contributed by atoms with Crippen LogP contribution in [-0.2, 0) is 6.54 Å². The molecule has 2 aliphatic rings. The maximum absolute atomic E-state index is 9.80. The van der Waals surface area contributed by atoms with Crippen molar-refractivity contribution in [2.45, 2.75) is 32.6 Å². The van der Waals surface area contributed by atoms with Crippen molar-refractivity contribution < 1.29 is 14.7 Å². The van der Waals surface area contributed by atoms with Crippen LogP contribution in [0.5, 0.6) is 0 Å². The maximum Gasteiger partial charge on any atom is 0.167 e. The molecule has 0 spiro atoms. The second kappa shape index (κ2) is 8.55. The summed E-state index contributed by atoms with van der Waals surface area (Å²) in [5.74, 6) is 9.90. The highest BCUT2D eigenvalue weighted by molar-refractivity contribution is 5.59. The van der Waals surface area contributed by atoms with Gasteiger partial charge in [-0.05, 0) is 49.9 Å². The van der Waals surface area contributed by atoms with Gasteiger partial charge in [-0.25, -0.2) is 4.98 Å². The molecule has 2 aromatic heterocycles. The number of imidazole rings is 1. The van der Waals surface area contributed by atoms with Crippen molar-refractivity contribution in [3.05, 3.63) is 59.8 Å². The van der Waals surface area contributed by atoms with E-state index in [0.29, 0.717) is 35.9 Å². The van der Waals surface area contributed by atoms with Crippen LogP contribution in [0.4, 0.5) is 0 Å². The topological polar surface area (TPSA) is 87.5 Å². The highest BCUT2D eigenvalue weighted by Gasteiger charge is 2.54. The van der Waals surface area contributed by atoms with Crippen LogP contribution in [0, 0.1) is 29.6 Å². The van der Waals surface area contributed by atoms with Gasteiger partial charge < -0.3 is 24.2 Å². The monoisotopic (exact) mass is 432 g/mol. The Kier molecular flexibility index (Phi) is 5.60. The van der Waals surface area contributed by atoms with E-state index in [1.165, 1.54) is 0 Å². The molecule has 3 aromatic rings. The second-order valence-corrected chi connectivity index (χ2v) is 9.04. The minimum absolute atomic E-state index is 0.261. The number of rotatable bonds is 6. The SMILES string of the molecule is CC(O)CN1C[C@@H]2C(C#Cc3ccc(-c4cc(Cn5ccnc5[C@H](C)O)no4)cc3)[C@@H]2C1. The third-order valence-corrected chi connectivity index (χ3v) is 6.36. The summed E-state index contributed by atoms with van der Waals surface area (Å²) < 4.78 is 7.39. The van der Waals surface area contributed by atoms with Gasteiger partial charge in [-0.1, -0.05) is 17.0 Å². The molecule has 1 aromatic carbocycles. The predicted molar refractivity (Wildman–Crippen MR) is 119 cm³/mol. The summed E-state index contributed by atoms with van der Waals surface area (Å²) in [5.41, 5.74) is 2.72. The van der Waals surface area contributed by atoms with E-state index < -0.39 is 6.10 Å². The molecule has 3 heterocycles. The summed E-state index contributed by atoms with van der Waals surface area (Å²) >= 11 is 0. The first-order valence-corrected chi connectivity index (χ1v) is 11.1. The van der Waals surface area contributed by atoms with Gasteiger partial charge in [0.05, 0.1) is 12.6 Å². The first-order chi connectivity index (χ1) is 15.5. The van der Waals surface area contributed by atoms with Gasteiger partial charge in [0.25, 0.3) is 0 Å². The van der Waals surface area contributed by atoms with Gasteiger partial charge in [-0.3, -0.25) is 0 Å². The minimum Gasteiger partial charge on any atom is -0.392 e. The van der Waals surface area contributed by atoms with Crippen LogP contribution < -0.4 is 0 Å². The van der Waals surface area contributed by atoms with Gasteiger partial charge >= 0.3 is 0 Å². The van der Waals surface area contributed by atoms with Crippen molar-refractivity contribution >= 4 is 0 Å². The largest absolute Gasteiger partial charge is 0.392 e. The number of piperidine rings is 1. The number of hydrogen-bond acceptors (Lipinski definition) is 6. The smallest absolute Gasteiger partial charge is 0.167 e. The molecule has 2 N–H and O–H groups in total. The summed E-state index contributed by atoms with van der Waals surface area (Å²) in [7, 11) is 0. The van der Waals surface area contributed by atoms with Crippen molar-refractivity contribution in [1.29, 1.82) is 0 Å². The van der Waals surface area contributed by atoms with Crippen LogP contribution in [0.3, 0.4) is 0 Å². The Bertz CT molecular complexity index is 1120. The van der Waals surface area contributed by atoms with Gasteiger partial charge in [0.1, 0.15) is 17.6 Å². The normalized spacial score (nSPS) is 23.9. The minimum atomic E-state index is -0.636. The van der Waals surface area contributed by atoms with Crippen LogP contribution in [0.15, 0.2) is 47.2 Å². The molecule has 7 heteroatoms. The lowest BCUT2D eigenvalue weighted by molar-refractivity contribution is 0.132. The van der Waals surface area contributed by atoms with E-state index in [1.54, 1.807) is 13.1 Å². The number of fused-ring (bicyclic) bond motifs is 1. The number of hydrogen-bond donors (Lipinski definition) is 2. The van der Waals surface area contributed by atoms with E-state index in [0.717, 1.165) is 36.5 Å². The number of likely N-dealkylation sites (tertiary alicyclic amines) is 1. The molecule has 0 bridgehead atoms. The van der Waals surface area contributed by atoms with Crippen molar-refractivity contribution in [3.63, 3.8) is 0 Å². The Morgan fingerprint density at radius 3 is 2.59 bits per heavy atom. The van der Waals surface area contributed by atoms with Gasteiger partial charge in [0, 0.05) is 55.1 Å². The second-order valence-electron chi connectivity index (χ2n) is 9.04. The van der Waals surface area contributed by atoms with E-state index >= 15 is 0 Å². The summed E-state index contributed by atoms with van der Waals surface area (Å²) in [6, 6.07) is 9.96. The molecule has 1 aliphatic heterocycles. The molecule has 1 saturated heterocycles. The van der Waals surface area contributed by atoms with E-state index in [9.17, 15) is 10.2 Å². The highest BCUT2D eigenvalue weighted by atomic mass is 16.5. The van der Waals surface area contributed by atoms with Crippen molar-refractivity contribution in [2.75, 3.05) is 19.6 Å². The maximum atomic E-state index is 9.80. The zero-order chi connectivity index (χ0) is 22.2. The zero-order valence-electron chi connectivity index (χ0n) is 18.3. The average Bonchev–Trinajstić information content (AvgIpc) is 3.24. The molecule has 166 valence electrons. The number of nitrogens with zero attached hydrogens (tertiary/aromatic N) is 4. The number of benzene rings is 1. The first kappa shape index (κ1) is 21.0. The van der Waals surface area contributed by atoms with Crippen LogP contribution in [0.1, 0.15) is 37.0 Å². The van der Waals surface area contributed by atoms with Crippen LogP contribution >= 0.6 is 0 Å². The van der Waals surface area contributed by atoms with Crippen LogP contribution in [-0.4, -0.2) is 55.6 Å². The fourth-order valence-corrected chi connectivity index (χ4v) is 4.75. The molecular formula is C25H28N4O3. The molecular weight excluding hydrogens is 404 g/mol. The van der Waals surface area contributed by atoms with Crippen molar-refractivity contribution in [3.8, 4) is 23.2 Å². The summed E-state index contributed by atoms with van der Waals surface area (Å²) in [4.78, 5) is 6.53. The average molecular weight is 433 g/mol. The third kappa shape index (κ3) is 4.35. The molecule has 32 heavy (non-hydrogen) atoms. The molecule has 5 atom stereocenters. The van der Waals surface area contributed by atoms with Crippen LogP contribution in [0.2, 0.25) is 0 Å². The molecule has 2 unspecified atom stereocenters. The molecule has 0 radical (unpaired) electrons. The lowest BCUT2D eigenvalue weighted by atomic mass is 10.1. The molecule has 1 aliphatic carbocycles. The van der Waals surface area contributed by atoms with E-state index in [2.05, 4.69) is 26.9 Å². The van der Waals surface area contributed by atoms with Gasteiger partial charge in [0.15, 0.2) is 5.76 Å². The van der Waals surface area contributed by atoms with E-state index in [4.69, 9.17) is 4.52 Å². The summed E-state index contributed by atoms with van der Waals surface area (Å²) in [6.07, 6.45) is 2.60. The van der Waals surface area contributed by atoms with Gasteiger partial charge in [-0.2, -0.15) is 0 Å². The third-order valence-electron chi connectivity index (χ3n) is 6.36. The summed E-state index contributed by atoms with van der Waals surface area (Å²) in [6.45, 7) is 6.91. The van der Waals surface area contributed by atoms with Gasteiger partial charge in [-0.15, -0.1) is 0 Å². The Morgan fingerprint density at radius 1 is 1.16 bits per heavy atom. The Hall–Kier alpha value is -2.92. The van der Waals surface area contributed by atoms with Crippen LogP contribution in [0.25, 0.3) is 11.3 Å². The molecule has 0 amide bonds. The Morgan fingerprint density at radius 2 is 1.91 bits per heavy atom. The fraction of sp³-hybridized carbons (Fsp3) is 0.440. The molecule has 7 nitrogen and oxygen atoms in total. The van der Waals surface area contributed by atoms with E-state index in [-0.39, 0.29) is 6.10 Å². The van der Waals surface area contributed by atoms with Crippen molar-refractivity contribution in [1.82, 2.24) is 19.6 Å². The van der Waals surface area contributed by atoms with Crippen molar-refractivity contribution in [2.24, 2.45) is 17.8 Å². The van der Waals surface area contributed by atoms with E-state index in [1.807, 2.05) is 48.0 Å². The number of β-amino-alcohol motifs (C(OH)–C–C–N with tert-alkyl or cyclic N) is 1. The Balaban J connectivity index is 1.19. The lowest BCUT2D eigenvalue weighted by Gasteiger charge is -2.19. The quantitative estimate of drug-likeness (QED) is 0.582. The first-order valence-electron chi connectivity index (χ1n) is 11.1. The molecule has 1 saturated carbocycles. The lowest BCUT2D eigenvalue weighted by Crippen LogP contribution is -2.31. The number of aromatic nitrogens is 3. The number of aliphatic hydroxyl groups excluding tert-OH is 2. The predicted octanol–water partition coefficient (Wildman–Crippen LogP) is 2.55. The highest BCUT2D eigenvalue weighted by Crippen LogP contribution is 2.51. The number of aliphatic hydroxyl groups is 2. The fourth-order valence-electron chi connectivity index (χ4n) is 4.75. The summed E-state index contributed by atoms with van der Waals surface area (Å²) in [5, 5.41) is 23.5. The Labute approximate surface area is 187 Å². The van der Waals surface area contributed by atoms with Gasteiger partial charge in [0.2, 0.25) is 0 Å².